The van der Waals surface area contributed by atoms with E-state index >= 15 is 0 Å². The van der Waals surface area contributed by atoms with Gasteiger partial charge in [0.05, 0.1) is 0 Å². The summed E-state index contributed by atoms with van der Waals surface area (Å²) in [6.07, 6.45) is 0. The Kier molecular flexibility index (Phi) is 4.50. The second kappa shape index (κ2) is 5.36. The lowest BCUT2D eigenvalue weighted by Crippen LogP contribution is -2.49. The molecule has 0 heterocycles. The molecule has 3 nitrogen and oxygen atoms in total. The Morgan fingerprint density at radius 3 is 2.56 bits per heavy atom. The summed E-state index contributed by atoms with van der Waals surface area (Å²) in [6, 6.07) is 4.33. The van der Waals surface area contributed by atoms with E-state index < -0.39 is 11.5 Å². The van der Waals surface area contributed by atoms with Gasteiger partial charge < -0.3 is 5.11 Å². The Morgan fingerprint density at radius 2 is 2.06 bits per heavy atom. The zero-order valence-electron chi connectivity index (χ0n) is 10.9. The van der Waals surface area contributed by atoms with Crippen molar-refractivity contribution in [1.82, 2.24) is 4.90 Å². The summed E-state index contributed by atoms with van der Waals surface area (Å²) in [5.74, 6) is -1.27. The molecule has 0 saturated carbocycles. The summed E-state index contributed by atoms with van der Waals surface area (Å²) < 4.78 is 14.5. The van der Waals surface area contributed by atoms with Gasteiger partial charge in [0.15, 0.2) is 0 Å². The second-order valence-electron chi connectivity index (χ2n) is 4.82. The summed E-state index contributed by atoms with van der Waals surface area (Å²) in [7, 11) is 1.68. The number of carboxylic acid groups (broad SMARTS) is 1. The van der Waals surface area contributed by atoms with Gasteiger partial charge in [-0.05, 0) is 46.0 Å². The summed E-state index contributed by atoms with van der Waals surface area (Å²) in [5.41, 5.74) is -0.588. The van der Waals surface area contributed by atoms with Crippen molar-refractivity contribution in [2.75, 3.05) is 7.05 Å². The van der Waals surface area contributed by atoms with Crippen LogP contribution in [0.15, 0.2) is 22.7 Å². The van der Waals surface area contributed by atoms with E-state index in [1.807, 2.05) is 0 Å². The number of halogens is 2. The molecule has 18 heavy (non-hydrogen) atoms. The third kappa shape index (κ3) is 2.90. The van der Waals surface area contributed by atoms with Gasteiger partial charge in [0, 0.05) is 16.1 Å². The predicted molar refractivity (Wildman–Crippen MR) is 72.0 cm³/mol. The fraction of sp³-hybridized carbons (Fsp3) is 0.462. The standard InChI is InChI=1S/C13H17BrFNO2/c1-8(16(4)13(2,3)12(17)18)10-7-9(14)5-6-11(10)15/h5-8H,1-4H3,(H,17,18). The molecular formula is C13H17BrFNO2. The minimum atomic E-state index is -1.06. The lowest BCUT2D eigenvalue weighted by molar-refractivity contribution is -0.149. The van der Waals surface area contributed by atoms with Crippen LogP contribution in [0, 0.1) is 5.82 Å². The number of carboxylic acids is 1. The minimum absolute atomic E-state index is 0.335. The van der Waals surface area contributed by atoms with Crippen molar-refractivity contribution in [3.05, 3.63) is 34.1 Å². The molecule has 5 heteroatoms. The Balaban J connectivity index is 3.10. The van der Waals surface area contributed by atoms with Gasteiger partial charge in [-0.15, -0.1) is 0 Å². The third-order valence-electron chi connectivity index (χ3n) is 3.39. The molecule has 1 unspecified atom stereocenters. The van der Waals surface area contributed by atoms with Crippen molar-refractivity contribution in [1.29, 1.82) is 0 Å². The number of carbonyl (C=O) groups is 1. The van der Waals surface area contributed by atoms with Crippen molar-refractivity contribution < 1.29 is 14.3 Å². The molecule has 0 radical (unpaired) electrons. The van der Waals surface area contributed by atoms with E-state index in [1.165, 1.54) is 6.07 Å². The molecule has 1 N–H and O–H groups in total. The molecule has 100 valence electrons. The number of rotatable bonds is 4. The highest BCUT2D eigenvalue weighted by Gasteiger charge is 2.35. The fourth-order valence-corrected chi connectivity index (χ4v) is 2.06. The zero-order valence-corrected chi connectivity index (χ0v) is 12.5. The maximum Gasteiger partial charge on any atom is 0.323 e. The largest absolute Gasteiger partial charge is 0.480 e. The van der Waals surface area contributed by atoms with Gasteiger partial charge in [0.1, 0.15) is 11.4 Å². The maximum absolute atomic E-state index is 13.8. The van der Waals surface area contributed by atoms with Crippen molar-refractivity contribution in [2.24, 2.45) is 0 Å². The lowest BCUT2D eigenvalue weighted by Gasteiger charge is -2.36. The van der Waals surface area contributed by atoms with Gasteiger partial charge >= 0.3 is 5.97 Å². The molecular weight excluding hydrogens is 301 g/mol. The molecule has 0 bridgehead atoms. The topological polar surface area (TPSA) is 40.5 Å². The van der Waals surface area contributed by atoms with Crippen LogP contribution in [0.1, 0.15) is 32.4 Å². The van der Waals surface area contributed by atoms with Crippen molar-refractivity contribution in [3.63, 3.8) is 0 Å². The van der Waals surface area contributed by atoms with Gasteiger partial charge in [-0.25, -0.2) is 4.39 Å². The summed E-state index contributed by atoms with van der Waals surface area (Å²) in [5, 5.41) is 9.19. The molecule has 1 rings (SSSR count). The third-order valence-corrected chi connectivity index (χ3v) is 3.89. The number of hydrogen-bond acceptors (Lipinski definition) is 2. The highest BCUT2D eigenvalue weighted by atomic mass is 79.9. The van der Waals surface area contributed by atoms with Gasteiger partial charge in [-0.2, -0.15) is 0 Å². The molecule has 0 aromatic heterocycles. The molecule has 0 aliphatic rings. The molecule has 0 amide bonds. The molecule has 0 saturated heterocycles. The van der Waals surface area contributed by atoms with Crippen molar-refractivity contribution in [3.8, 4) is 0 Å². The molecule has 0 fully saturated rings. The van der Waals surface area contributed by atoms with Crippen LogP contribution >= 0.6 is 15.9 Å². The number of benzene rings is 1. The normalized spacial score (nSPS) is 13.7. The highest BCUT2D eigenvalue weighted by molar-refractivity contribution is 9.10. The van der Waals surface area contributed by atoms with Gasteiger partial charge in [-0.3, -0.25) is 9.69 Å². The van der Waals surface area contributed by atoms with Crippen LogP contribution in [0.3, 0.4) is 0 Å². The van der Waals surface area contributed by atoms with E-state index in [1.54, 1.807) is 44.9 Å². The SMILES string of the molecule is CC(c1cc(Br)ccc1F)N(C)C(C)(C)C(=O)O. The van der Waals surface area contributed by atoms with Gasteiger partial charge in [-0.1, -0.05) is 15.9 Å². The van der Waals surface area contributed by atoms with Crippen LogP contribution < -0.4 is 0 Å². The van der Waals surface area contributed by atoms with Gasteiger partial charge in [0.25, 0.3) is 0 Å². The minimum Gasteiger partial charge on any atom is -0.480 e. The Bertz CT molecular complexity index is 462. The number of hydrogen-bond donors (Lipinski definition) is 1. The van der Waals surface area contributed by atoms with Crippen LogP contribution in [-0.2, 0) is 4.79 Å². The Hall–Kier alpha value is -0.940. The second-order valence-corrected chi connectivity index (χ2v) is 5.73. The Morgan fingerprint density at radius 1 is 1.50 bits per heavy atom. The van der Waals surface area contributed by atoms with Crippen LogP contribution in [0.2, 0.25) is 0 Å². The van der Waals surface area contributed by atoms with E-state index in [2.05, 4.69) is 15.9 Å². The van der Waals surface area contributed by atoms with E-state index in [9.17, 15) is 14.3 Å². The molecule has 0 aliphatic heterocycles. The Labute approximate surface area is 115 Å². The smallest absolute Gasteiger partial charge is 0.323 e. The van der Waals surface area contributed by atoms with Crippen LogP contribution in [0.25, 0.3) is 0 Å². The molecule has 0 spiro atoms. The van der Waals surface area contributed by atoms with Crippen LogP contribution in [0.4, 0.5) is 4.39 Å². The first-order chi connectivity index (χ1) is 8.17. The first-order valence-corrected chi connectivity index (χ1v) is 6.38. The van der Waals surface area contributed by atoms with E-state index in [-0.39, 0.29) is 11.9 Å². The summed E-state index contributed by atoms with van der Waals surface area (Å²) in [4.78, 5) is 12.8. The fourth-order valence-electron chi connectivity index (χ4n) is 1.68. The number of aliphatic carboxylic acids is 1. The average Bonchev–Trinajstić information content (AvgIpc) is 2.30. The summed E-state index contributed by atoms with van der Waals surface area (Å²) in [6.45, 7) is 4.99. The van der Waals surface area contributed by atoms with E-state index in [4.69, 9.17) is 0 Å². The van der Waals surface area contributed by atoms with Crippen LogP contribution in [-0.4, -0.2) is 28.6 Å². The summed E-state index contributed by atoms with van der Waals surface area (Å²) >= 11 is 3.29. The van der Waals surface area contributed by atoms with E-state index in [0.717, 1.165) is 4.47 Å². The van der Waals surface area contributed by atoms with E-state index in [0.29, 0.717) is 5.56 Å². The molecule has 1 atom stereocenters. The zero-order chi connectivity index (χ0) is 14.1. The molecule has 1 aromatic rings. The van der Waals surface area contributed by atoms with Crippen molar-refractivity contribution in [2.45, 2.75) is 32.4 Å². The quantitative estimate of drug-likeness (QED) is 0.924. The highest BCUT2D eigenvalue weighted by Crippen LogP contribution is 2.29. The van der Waals surface area contributed by atoms with Gasteiger partial charge in [0.2, 0.25) is 0 Å². The molecule has 1 aromatic carbocycles. The van der Waals surface area contributed by atoms with Crippen molar-refractivity contribution >= 4 is 21.9 Å². The number of likely N-dealkylation sites (N-methyl/N-ethyl adjacent to an activating group) is 1. The monoisotopic (exact) mass is 317 g/mol. The lowest BCUT2D eigenvalue weighted by atomic mass is 9.98. The first kappa shape index (κ1) is 15.1. The average molecular weight is 318 g/mol. The first-order valence-electron chi connectivity index (χ1n) is 5.59. The molecule has 0 aliphatic carbocycles. The van der Waals surface area contributed by atoms with Crippen LogP contribution in [0.5, 0.6) is 0 Å². The predicted octanol–water partition coefficient (Wildman–Crippen LogP) is 3.44. The number of nitrogens with zero attached hydrogens (tertiary/aromatic N) is 1. The maximum atomic E-state index is 13.8.